The monoisotopic (exact) mass is 627 g/mol. The van der Waals surface area contributed by atoms with Crippen LogP contribution in [-0.2, 0) is 19.2 Å². The van der Waals surface area contributed by atoms with Crippen LogP contribution in [0.2, 0.25) is 0 Å². The van der Waals surface area contributed by atoms with E-state index in [0.717, 1.165) is 25.7 Å². The number of amides is 2. The second-order valence-electron chi connectivity index (χ2n) is 13.7. The van der Waals surface area contributed by atoms with Crippen LogP contribution < -0.4 is 16.0 Å². The molecule has 0 saturated carbocycles. The summed E-state index contributed by atoms with van der Waals surface area (Å²) >= 11 is 4.51. The summed E-state index contributed by atoms with van der Waals surface area (Å²) in [5, 5.41) is 18.2. The molecule has 0 fully saturated rings. The first-order valence-electron chi connectivity index (χ1n) is 17.0. The summed E-state index contributed by atoms with van der Waals surface area (Å²) in [6.07, 6.45) is 18.4. The molecule has 0 aliphatic heterocycles. The van der Waals surface area contributed by atoms with Gasteiger partial charge in [0.05, 0.1) is 10.9 Å². The van der Waals surface area contributed by atoms with Crippen LogP contribution in [0.5, 0.6) is 0 Å². The largest absolute Gasteiger partial charge is 0.480 e. The van der Waals surface area contributed by atoms with Gasteiger partial charge in [-0.25, -0.2) is 4.79 Å². The van der Waals surface area contributed by atoms with Crippen molar-refractivity contribution in [2.45, 2.75) is 180 Å². The Hall–Kier alpha value is -1.61. The van der Waals surface area contributed by atoms with Crippen molar-refractivity contribution >= 4 is 36.2 Å². The van der Waals surface area contributed by atoms with Gasteiger partial charge in [-0.15, -0.1) is 0 Å². The highest BCUT2D eigenvalue weighted by molar-refractivity contribution is 7.81. The number of ketones is 1. The van der Waals surface area contributed by atoms with E-state index < -0.39 is 22.3 Å². The molecule has 0 aromatic carbocycles. The van der Waals surface area contributed by atoms with Crippen LogP contribution in [-0.4, -0.2) is 52.2 Å². The lowest BCUT2D eigenvalue weighted by molar-refractivity contribution is -0.142. The SMILES string of the molecule is CCCCCCCCCCCCCCCC(=O)NC(CCC(=O)NCCCCC(NC(C)(C)S)C(=O)C(C)(C)C)C(=O)O. The molecule has 2 amide bonds. The first-order chi connectivity index (χ1) is 20.2. The van der Waals surface area contributed by atoms with Crippen molar-refractivity contribution in [1.82, 2.24) is 16.0 Å². The fraction of sp³-hybridized carbons (Fsp3) is 0.882. The number of carbonyl (C=O) groups excluding carboxylic acids is 3. The van der Waals surface area contributed by atoms with E-state index >= 15 is 0 Å². The van der Waals surface area contributed by atoms with E-state index in [1.807, 2.05) is 34.6 Å². The van der Waals surface area contributed by atoms with E-state index in [1.54, 1.807) is 0 Å². The zero-order valence-corrected chi connectivity index (χ0v) is 29.2. The number of carboxylic acid groups (broad SMARTS) is 1. The van der Waals surface area contributed by atoms with Crippen molar-refractivity contribution in [3.8, 4) is 0 Å². The smallest absolute Gasteiger partial charge is 0.326 e. The summed E-state index contributed by atoms with van der Waals surface area (Å²) in [5.74, 6) is -1.50. The van der Waals surface area contributed by atoms with E-state index in [0.29, 0.717) is 25.8 Å². The highest BCUT2D eigenvalue weighted by Gasteiger charge is 2.31. The van der Waals surface area contributed by atoms with E-state index in [9.17, 15) is 24.3 Å². The Balaban J connectivity index is 4.10. The number of hydrogen-bond donors (Lipinski definition) is 5. The van der Waals surface area contributed by atoms with Crippen LogP contribution in [0.15, 0.2) is 0 Å². The highest BCUT2D eigenvalue weighted by atomic mass is 32.1. The third-order valence-electron chi connectivity index (χ3n) is 7.63. The third kappa shape index (κ3) is 24.4. The van der Waals surface area contributed by atoms with E-state index in [4.69, 9.17) is 0 Å². The van der Waals surface area contributed by atoms with Gasteiger partial charge >= 0.3 is 5.97 Å². The summed E-state index contributed by atoms with van der Waals surface area (Å²) in [5.41, 5.74) is -0.465. The summed E-state index contributed by atoms with van der Waals surface area (Å²) in [7, 11) is 0. The molecule has 9 heteroatoms. The maximum Gasteiger partial charge on any atom is 0.326 e. The van der Waals surface area contributed by atoms with Crippen LogP contribution in [0.25, 0.3) is 0 Å². The molecule has 0 heterocycles. The fourth-order valence-corrected chi connectivity index (χ4v) is 5.27. The molecule has 2 atom stereocenters. The average molecular weight is 628 g/mol. The zero-order chi connectivity index (χ0) is 32.7. The number of aliphatic carboxylic acids is 1. The number of hydrogen-bond acceptors (Lipinski definition) is 6. The normalized spacial score (nSPS) is 13.4. The number of carboxylic acids is 1. The number of carbonyl (C=O) groups is 4. The molecule has 8 nitrogen and oxygen atoms in total. The molecular formula is C34H65N3O5S. The molecule has 0 aliphatic rings. The van der Waals surface area contributed by atoms with Crippen molar-refractivity contribution in [2.75, 3.05) is 6.54 Å². The predicted molar refractivity (Wildman–Crippen MR) is 180 cm³/mol. The number of Topliss-reactive ketones (excluding diaryl/α,β-unsaturated/α-hetero) is 1. The highest BCUT2D eigenvalue weighted by Crippen LogP contribution is 2.22. The van der Waals surface area contributed by atoms with Gasteiger partial charge in [0.25, 0.3) is 0 Å². The lowest BCUT2D eigenvalue weighted by atomic mass is 9.84. The van der Waals surface area contributed by atoms with Crippen molar-refractivity contribution in [2.24, 2.45) is 5.41 Å². The first kappa shape index (κ1) is 41.4. The lowest BCUT2D eigenvalue weighted by Crippen LogP contribution is -2.49. The summed E-state index contributed by atoms with van der Waals surface area (Å²) in [4.78, 5) is 48.6. The molecule has 2 unspecified atom stereocenters. The van der Waals surface area contributed by atoms with Crippen molar-refractivity contribution in [3.05, 3.63) is 0 Å². The van der Waals surface area contributed by atoms with Gasteiger partial charge < -0.3 is 15.7 Å². The summed E-state index contributed by atoms with van der Waals surface area (Å²) in [6, 6.07) is -1.39. The summed E-state index contributed by atoms with van der Waals surface area (Å²) in [6.45, 7) is 12.2. The minimum Gasteiger partial charge on any atom is -0.480 e. The van der Waals surface area contributed by atoms with Gasteiger partial charge in [0.15, 0.2) is 5.78 Å². The Morgan fingerprint density at radius 3 is 1.63 bits per heavy atom. The van der Waals surface area contributed by atoms with Crippen LogP contribution in [0.3, 0.4) is 0 Å². The van der Waals surface area contributed by atoms with Crippen LogP contribution in [0.4, 0.5) is 0 Å². The molecule has 0 radical (unpaired) electrons. The Morgan fingerprint density at radius 1 is 0.651 bits per heavy atom. The van der Waals surface area contributed by atoms with Crippen molar-refractivity contribution in [1.29, 1.82) is 0 Å². The Bertz CT molecular complexity index is 792. The number of unbranched alkanes of at least 4 members (excludes halogenated alkanes) is 13. The van der Waals surface area contributed by atoms with Gasteiger partial charge in [0.2, 0.25) is 11.8 Å². The van der Waals surface area contributed by atoms with Crippen molar-refractivity contribution in [3.63, 3.8) is 0 Å². The van der Waals surface area contributed by atoms with E-state index in [-0.39, 0.29) is 36.5 Å². The van der Waals surface area contributed by atoms with Crippen LogP contribution >= 0.6 is 12.6 Å². The molecule has 0 spiro atoms. The molecule has 0 aromatic rings. The molecule has 0 aromatic heterocycles. The molecule has 0 saturated heterocycles. The second-order valence-corrected chi connectivity index (χ2v) is 14.8. The number of rotatable bonds is 27. The maximum absolute atomic E-state index is 12.8. The van der Waals surface area contributed by atoms with Crippen molar-refractivity contribution < 1.29 is 24.3 Å². The third-order valence-corrected chi connectivity index (χ3v) is 7.75. The van der Waals surface area contributed by atoms with Crippen LogP contribution in [0.1, 0.15) is 164 Å². The minimum absolute atomic E-state index is 0.0243. The topological polar surface area (TPSA) is 125 Å². The van der Waals surface area contributed by atoms with Gasteiger partial charge in [0, 0.05) is 24.8 Å². The Labute approximate surface area is 268 Å². The van der Waals surface area contributed by atoms with Gasteiger partial charge in [0.1, 0.15) is 6.04 Å². The second kappa shape index (κ2) is 23.7. The van der Waals surface area contributed by atoms with E-state index in [2.05, 4.69) is 35.5 Å². The van der Waals surface area contributed by atoms with Gasteiger partial charge in [-0.1, -0.05) is 105 Å². The van der Waals surface area contributed by atoms with Gasteiger partial charge in [-0.05, 0) is 46.0 Å². The maximum atomic E-state index is 12.8. The lowest BCUT2D eigenvalue weighted by Gasteiger charge is -2.31. The standard InChI is InChI=1S/C34H65N3O5S/c1-7-8-9-10-11-12-13-14-15-16-17-18-19-23-30(39)36-28(32(41)42)24-25-29(38)35-26-21-20-22-27(37-34(5,6)43)31(40)33(2,3)4/h27-28,37,43H,7-26H2,1-6H3,(H,35,38)(H,36,39)(H,41,42). The fourth-order valence-electron chi connectivity index (χ4n) is 5.11. The van der Waals surface area contributed by atoms with E-state index in [1.165, 1.54) is 64.2 Å². The number of nitrogens with one attached hydrogen (secondary N) is 3. The van der Waals surface area contributed by atoms with Gasteiger partial charge in [-0.3, -0.25) is 19.7 Å². The van der Waals surface area contributed by atoms with Gasteiger partial charge in [-0.2, -0.15) is 12.6 Å². The Morgan fingerprint density at radius 2 is 1.16 bits per heavy atom. The molecule has 43 heavy (non-hydrogen) atoms. The number of thiol groups is 1. The molecule has 0 aliphatic carbocycles. The zero-order valence-electron chi connectivity index (χ0n) is 28.3. The molecule has 4 N–H and O–H groups in total. The minimum atomic E-state index is -1.12. The molecule has 252 valence electrons. The predicted octanol–water partition coefficient (Wildman–Crippen LogP) is 7.34. The molecule has 0 bridgehead atoms. The Kier molecular flexibility index (Phi) is 22.8. The molecular weight excluding hydrogens is 562 g/mol. The quantitative estimate of drug-likeness (QED) is 0.0369. The summed E-state index contributed by atoms with van der Waals surface area (Å²) < 4.78 is 0. The van der Waals surface area contributed by atoms with Crippen LogP contribution in [0, 0.1) is 5.41 Å². The average Bonchev–Trinajstić information content (AvgIpc) is 2.90. The first-order valence-corrected chi connectivity index (χ1v) is 17.4. The molecule has 0 rings (SSSR count).